The Morgan fingerprint density at radius 3 is 3.00 bits per heavy atom. The van der Waals surface area contributed by atoms with Crippen molar-refractivity contribution in [2.45, 2.75) is 6.54 Å². The van der Waals surface area contributed by atoms with Gasteiger partial charge in [-0.2, -0.15) is 0 Å². The van der Waals surface area contributed by atoms with Gasteiger partial charge in [0.05, 0.1) is 11.4 Å². The Kier molecular flexibility index (Phi) is 1.53. The van der Waals surface area contributed by atoms with E-state index in [4.69, 9.17) is 0 Å². The molecule has 2 heterocycles. The van der Waals surface area contributed by atoms with Gasteiger partial charge in [-0.3, -0.25) is 4.98 Å². The molecule has 1 aromatic heterocycles. The van der Waals surface area contributed by atoms with Crippen LogP contribution in [0.1, 0.15) is 5.56 Å². The summed E-state index contributed by atoms with van der Waals surface area (Å²) in [6.45, 7) is 0.898. The highest BCUT2D eigenvalue weighted by molar-refractivity contribution is 5.79. The number of hydrogen-bond acceptors (Lipinski definition) is 2. The second-order valence-electron chi connectivity index (χ2n) is 3.41. The SMILES string of the molecule is c1ccc2c(c1)CNc1cccnc1-2. The zero-order valence-electron chi connectivity index (χ0n) is 7.70. The van der Waals surface area contributed by atoms with Gasteiger partial charge in [-0.15, -0.1) is 0 Å². The highest BCUT2D eigenvalue weighted by atomic mass is 14.9. The Labute approximate surface area is 82.6 Å². The van der Waals surface area contributed by atoms with E-state index in [0.29, 0.717) is 0 Å². The average Bonchev–Trinajstić information content (AvgIpc) is 2.29. The second-order valence-corrected chi connectivity index (χ2v) is 3.41. The van der Waals surface area contributed by atoms with Crippen molar-refractivity contribution in [2.75, 3.05) is 5.32 Å². The van der Waals surface area contributed by atoms with E-state index in [-0.39, 0.29) is 0 Å². The lowest BCUT2D eigenvalue weighted by atomic mass is 9.99. The molecule has 3 rings (SSSR count). The van der Waals surface area contributed by atoms with Gasteiger partial charge in [0.1, 0.15) is 0 Å². The fourth-order valence-electron chi connectivity index (χ4n) is 1.86. The van der Waals surface area contributed by atoms with Crippen LogP contribution in [0.15, 0.2) is 42.6 Å². The van der Waals surface area contributed by atoms with E-state index in [1.807, 2.05) is 12.3 Å². The fraction of sp³-hybridized carbons (Fsp3) is 0.0833. The van der Waals surface area contributed by atoms with Gasteiger partial charge in [0.2, 0.25) is 0 Å². The molecule has 0 radical (unpaired) electrons. The molecule has 0 unspecified atom stereocenters. The summed E-state index contributed by atoms with van der Waals surface area (Å²) in [6.07, 6.45) is 1.84. The summed E-state index contributed by atoms with van der Waals surface area (Å²) in [4.78, 5) is 4.40. The molecule has 2 aromatic rings. The molecule has 14 heavy (non-hydrogen) atoms. The molecule has 0 atom stereocenters. The third kappa shape index (κ3) is 1.01. The molecule has 0 aliphatic carbocycles. The Bertz CT molecular complexity index is 432. The third-order valence-corrected chi connectivity index (χ3v) is 2.55. The number of rotatable bonds is 0. The van der Waals surface area contributed by atoms with Crippen molar-refractivity contribution in [3.8, 4) is 11.3 Å². The van der Waals surface area contributed by atoms with Crippen molar-refractivity contribution in [3.63, 3.8) is 0 Å². The van der Waals surface area contributed by atoms with Crippen LogP contribution in [-0.4, -0.2) is 4.98 Å². The molecule has 1 aliphatic rings. The van der Waals surface area contributed by atoms with E-state index in [1.165, 1.54) is 11.1 Å². The summed E-state index contributed by atoms with van der Waals surface area (Å²) in [5, 5.41) is 3.36. The van der Waals surface area contributed by atoms with Crippen LogP contribution in [-0.2, 0) is 6.54 Å². The van der Waals surface area contributed by atoms with Crippen LogP contribution in [0.25, 0.3) is 11.3 Å². The summed E-state index contributed by atoms with van der Waals surface area (Å²) in [6, 6.07) is 12.4. The molecule has 0 saturated heterocycles. The maximum atomic E-state index is 4.40. The molecule has 0 bridgehead atoms. The van der Waals surface area contributed by atoms with Crippen LogP contribution in [0.2, 0.25) is 0 Å². The lowest BCUT2D eigenvalue weighted by Gasteiger charge is -2.19. The maximum absolute atomic E-state index is 4.40. The quantitative estimate of drug-likeness (QED) is 0.677. The molecule has 1 N–H and O–H groups in total. The van der Waals surface area contributed by atoms with E-state index >= 15 is 0 Å². The molecule has 0 saturated carbocycles. The number of anilines is 1. The number of benzene rings is 1. The van der Waals surface area contributed by atoms with E-state index in [1.54, 1.807) is 0 Å². The molecule has 1 aliphatic heterocycles. The molecular weight excluding hydrogens is 172 g/mol. The minimum Gasteiger partial charge on any atom is -0.379 e. The zero-order valence-corrected chi connectivity index (χ0v) is 7.70. The largest absolute Gasteiger partial charge is 0.379 e. The number of nitrogens with zero attached hydrogens (tertiary/aromatic N) is 1. The van der Waals surface area contributed by atoms with E-state index < -0.39 is 0 Å². The number of nitrogens with one attached hydrogen (secondary N) is 1. The van der Waals surface area contributed by atoms with Gasteiger partial charge < -0.3 is 5.32 Å². The van der Waals surface area contributed by atoms with Gasteiger partial charge >= 0.3 is 0 Å². The highest BCUT2D eigenvalue weighted by Crippen LogP contribution is 2.32. The Morgan fingerprint density at radius 1 is 1.07 bits per heavy atom. The zero-order chi connectivity index (χ0) is 9.38. The van der Waals surface area contributed by atoms with Crippen LogP contribution in [0, 0.1) is 0 Å². The maximum Gasteiger partial charge on any atom is 0.0936 e. The number of pyridine rings is 1. The van der Waals surface area contributed by atoms with Gasteiger partial charge in [-0.1, -0.05) is 24.3 Å². The first kappa shape index (κ1) is 7.56. The minimum absolute atomic E-state index is 0.898. The summed E-state index contributed by atoms with van der Waals surface area (Å²) in [5.41, 5.74) is 4.76. The lowest BCUT2D eigenvalue weighted by molar-refractivity contribution is 1.10. The van der Waals surface area contributed by atoms with Crippen LogP contribution >= 0.6 is 0 Å². The van der Waals surface area contributed by atoms with Crippen molar-refractivity contribution in [1.82, 2.24) is 4.98 Å². The Balaban J connectivity index is 2.29. The third-order valence-electron chi connectivity index (χ3n) is 2.55. The Hall–Kier alpha value is -1.83. The van der Waals surface area contributed by atoms with Crippen LogP contribution in [0.3, 0.4) is 0 Å². The van der Waals surface area contributed by atoms with Crippen molar-refractivity contribution in [2.24, 2.45) is 0 Å². The molecule has 2 nitrogen and oxygen atoms in total. The van der Waals surface area contributed by atoms with Crippen molar-refractivity contribution >= 4 is 5.69 Å². The average molecular weight is 182 g/mol. The number of fused-ring (bicyclic) bond motifs is 3. The van der Waals surface area contributed by atoms with Gasteiger partial charge in [-0.05, 0) is 17.7 Å². The Morgan fingerprint density at radius 2 is 2.00 bits per heavy atom. The summed E-state index contributed by atoms with van der Waals surface area (Å²) in [7, 11) is 0. The first-order valence-corrected chi connectivity index (χ1v) is 4.72. The molecule has 0 fully saturated rings. The predicted molar refractivity (Wildman–Crippen MR) is 57.0 cm³/mol. The predicted octanol–water partition coefficient (Wildman–Crippen LogP) is 2.67. The smallest absolute Gasteiger partial charge is 0.0936 e. The first-order chi connectivity index (χ1) is 6.95. The fourth-order valence-corrected chi connectivity index (χ4v) is 1.86. The van der Waals surface area contributed by atoms with Gasteiger partial charge in [0, 0.05) is 18.3 Å². The highest BCUT2D eigenvalue weighted by Gasteiger charge is 2.14. The van der Waals surface area contributed by atoms with E-state index in [9.17, 15) is 0 Å². The van der Waals surface area contributed by atoms with Crippen LogP contribution in [0.4, 0.5) is 5.69 Å². The number of aromatic nitrogens is 1. The molecule has 0 spiro atoms. The van der Waals surface area contributed by atoms with Crippen LogP contribution in [0.5, 0.6) is 0 Å². The molecule has 1 aromatic carbocycles. The second kappa shape index (κ2) is 2.84. The van der Waals surface area contributed by atoms with Gasteiger partial charge in [0.25, 0.3) is 0 Å². The molecule has 2 heteroatoms. The molecule has 0 amide bonds. The van der Waals surface area contributed by atoms with Crippen molar-refractivity contribution in [1.29, 1.82) is 0 Å². The molecular formula is C12H10N2. The minimum atomic E-state index is 0.898. The van der Waals surface area contributed by atoms with Crippen molar-refractivity contribution < 1.29 is 0 Å². The van der Waals surface area contributed by atoms with E-state index in [2.05, 4.69) is 40.6 Å². The topological polar surface area (TPSA) is 24.9 Å². The normalized spacial score (nSPS) is 12.6. The summed E-state index contributed by atoms with van der Waals surface area (Å²) < 4.78 is 0. The number of hydrogen-bond donors (Lipinski definition) is 1. The standard InChI is InChI=1S/C12H10N2/c1-2-5-10-9(4-1)8-14-11-6-3-7-13-12(10)11/h1-7,14H,8H2. The van der Waals surface area contributed by atoms with E-state index in [0.717, 1.165) is 17.9 Å². The van der Waals surface area contributed by atoms with Gasteiger partial charge in [0.15, 0.2) is 0 Å². The van der Waals surface area contributed by atoms with Crippen molar-refractivity contribution in [3.05, 3.63) is 48.2 Å². The van der Waals surface area contributed by atoms with Crippen LogP contribution < -0.4 is 5.32 Å². The monoisotopic (exact) mass is 182 g/mol. The summed E-state index contributed by atoms with van der Waals surface area (Å²) >= 11 is 0. The molecule has 68 valence electrons. The van der Waals surface area contributed by atoms with Gasteiger partial charge in [-0.25, -0.2) is 0 Å². The lowest BCUT2D eigenvalue weighted by Crippen LogP contribution is -2.09. The first-order valence-electron chi connectivity index (χ1n) is 4.72. The summed E-state index contributed by atoms with van der Waals surface area (Å²) in [5.74, 6) is 0.